The molecule has 7 unspecified atom stereocenters. The molecule has 0 radical (unpaired) electrons. The third-order valence-corrected chi connectivity index (χ3v) is 9.11. The van der Waals surface area contributed by atoms with E-state index in [2.05, 4.69) is 13.8 Å². The van der Waals surface area contributed by atoms with Crippen LogP contribution >= 0.6 is 11.6 Å². The first-order chi connectivity index (χ1) is 11.5. The van der Waals surface area contributed by atoms with Crippen molar-refractivity contribution in [1.29, 1.82) is 0 Å². The molecule has 138 valence electrons. The predicted octanol–water partition coefficient (Wildman–Crippen LogP) is 7.44. The van der Waals surface area contributed by atoms with Gasteiger partial charge >= 0.3 is 0 Å². The zero-order valence-electron chi connectivity index (χ0n) is 16.1. The van der Waals surface area contributed by atoms with Crippen LogP contribution in [0.15, 0.2) is 0 Å². The smallest absolute Gasteiger partial charge is 0.0421 e. The SMILES string of the molecule is CC(C)(Cl)C1CC2CCCCC2C1CCC1CCC2CCCCC21. The van der Waals surface area contributed by atoms with Crippen molar-refractivity contribution in [3.63, 3.8) is 0 Å². The average molecular weight is 351 g/mol. The van der Waals surface area contributed by atoms with E-state index >= 15 is 0 Å². The summed E-state index contributed by atoms with van der Waals surface area (Å²) in [6, 6.07) is 0. The molecule has 7 atom stereocenters. The van der Waals surface area contributed by atoms with Crippen molar-refractivity contribution < 1.29 is 0 Å². The van der Waals surface area contributed by atoms with Crippen LogP contribution < -0.4 is 0 Å². The van der Waals surface area contributed by atoms with Gasteiger partial charge in [0.2, 0.25) is 0 Å². The molecule has 0 bridgehead atoms. The predicted molar refractivity (Wildman–Crippen MR) is 104 cm³/mol. The van der Waals surface area contributed by atoms with Crippen LogP contribution in [0.3, 0.4) is 0 Å². The lowest BCUT2D eigenvalue weighted by molar-refractivity contribution is 0.168. The minimum Gasteiger partial charge on any atom is -0.120 e. The van der Waals surface area contributed by atoms with Crippen molar-refractivity contribution in [3.05, 3.63) is 0 Å². The van der Waals surface area contributed by atoms with Gasteiger partial charge in [0.25, 0.3) is 0 Å². The summed E-state index contributed by atoms with van der Waals surface area (Å²) in [5.41, 5.74) is 0. The maximum atomic E-state index is 6.91. The molecule has 0 spiro atoms. The van der Waals surface area contributed by atoms with Crippen LogP contribution in [0.5, 0.6) is 0 Å². The molecular formula is C23H39Cl. The van der Waals surface area contributed by atoms with Crippen LogP contribution in [0.1, 0.15) is 97.3 Å². The molecule has 0 N–H and O–H groups in total. The Bertz CT molecular complexity index is 422. The number of fused-ring (bicyclic) bond motifs is 2. The Hall–Kier alpha value is 0.290. The second kappa shape index (κ2) is 7.13. The molecule has 4 fully saturated rings. The first-order valence-corrected chi connectivity index (χ1v) is 11.6. The second-order valence-corrected chi connectivity index (χ2v) is 11.4. The first-order valence-electron chi connectivity index (χ1n) is 11.2. The molecule has 0 nitrogen and oxygen atoms in total. The number of halogens is 1. The van der Waals surface area contributed by atoms with Gasteiger partial charge in [0.05, 0.1) is 0 Å². The van der Waals surface area contributed by atoms with Crippen LogP contribution in [0.4, 0.5) is 0 Å². The fourth-order valence-corrected chi connectivity index (χ4v) is 7.97. The fourth-order valence-electron chi connectivity index (χ4n) is 7.72. The third kappa shape index (κ3) is 3.43. The molecular weight excluding hydrogens is 312 g/mol. The maximum absolute atomic E-state index is 6.91. The van der Waals surface area contributed by atoms with Gasteiger partial charge in [0, 0.05) is 4.87 Å². The number of hydrogen-bond donors (Lipinski definition) is 0. The summed E-state index contributed by atoms with van der Waals surface area (Å²) in [5, 5.41) is 0. The van der Waals surface area contributed by atoms with Gasteiger partial charge in [-0.2, -0.15) is 0 Å². The highest BCUT2D eigenvalue weighted by atomic mass is 35.5. The molecule has 0 saturated heterocycles. The van der Waals surface area contributed by atoms with Crippen molar-refractivity contribution in [1.82, 2.24) is 0 Å². The van der Waals surface area contributed by atoms with E-state index in [1.54, 1.807) is 25.7 Å². The Labute approximate surface area is 155 Å². The molecule has 24 heavy (non-hydrogen) atoms. The van der Waals surface area contributed by atoms with Gasteiger partial charge in [-0.1, -0.05) is 38.5 Å². The summed E-state index contributed by atoms with van der Waals surface area (Å²) in [4.78, 5) is 0.00502. The zero-order chi connectivity index (χ0) is 16.7. The highest BCUT2D eigenvalue weighted by Crippen LogP contribution is 2.56. The molecule has 4 aliphatic rings. The van der Waals surface area contributed by atoms with Gasteiger partial charge in [-0.15, -0.1) is 11.6 Å². The first kappa shape index (κ1) is 17.7. The highest BCUT2D eigenvalue weighted by molar-refractivity contribution is 6.23. The minimum atomic E-state index is 0.00502. The van der Waals surface area contributed by atoms with Gasteiger partial charge in [-0.05, 0) is 100 Å². The van der Waals surface area contributed by atoms with Crippen molar-refractivity contribution in [2.45, 2.75) is 102 Å². The zero-order valence-corrected chi connectivity index (χ0v) is 16.9. The van der Waals surface area contributed by atoms with Crippen molar-refractivity contribution in [2.75, 3.05) is 0 Å². The Morgan fingerprint density at radius 1 is 0.750 bits per heavy atom. The van der Waals surface area contributed by atoms with E-state index in [-0.39, 0.29) is 4.87 Å². The van der Waals surface area contributed by atoms with Crippen LogP contribution in [0, 0.1) is 41.4 Å². The summed E-state index contributed by atoms with van der Waals surface area (Å²) < 4.78 is 0. The van der Waals surface area contributed by atoms with E-state index in [4.69, 9.17) is 11.6 Å². The molecule has 0 aromatic heterocycles. The van der Waals surface area contributed by atoms with Crippen LogP contribution in [0.25, 0.3) is 0 Å². The number of hydrogen-bond acceptors (Lipinski definition) is 0. The van der Waals surface area contributed by atoms with E-state index in [1.807, 2.05) is 0 Å². The molecule has 4 rings (SSSR count). The van der Waals surface area contributed by atoms with E-state index < -0.39 is 0 Å². The van der Waals surface area contributed by atoms with Crippen molar-refractivity contribution in [3.8, 4) is 0 Å². The molecule has 1 heteroatoms. The Kier molecular flexibility index (Phi) is 5.25. The highest BCUT2D eigenvalue weighted by Gasteiger charge is 2.49. The molecule has 4 aliphatic carbocycles. The lowest BCUT2D eigenvalue weighted by Gasteiger charge is -2.35. The minimum absolute atomic E-state index is 0.00502. The lowest BCUT2D eigenvalue weighted by Crippen LogP contribution is -2.31. The summed E-state index contributed by atoms with van der Waals surface area (Å²) in [5.74, 6) is 7.01. The van der Waals surface area contributed by atoms with Gasteiger partial charge in [0.15, 0.2) is 0 Å². The summed E-state index contributed by atoms with van der Waals surface area (Å²) in [7, 11) is 0. The Morgan fingerprint density at radius 3 is 2.17 bits per heavy atom. The quantitative estimate of drug-likeness (QED) is 0.462. The van der Waals surface area contributed by atoms with E-state index in [0.29, 0.717) is 0 Å². The number of rotatable bonds is 4. The molecule has 0 aromatic rings. The van der Waals surface area contributed by atoms with Gasteiger partial charge in [0.1, 0.15) is 0 Å². The van der Waals surface area contributed by atoms with Crippen LogP contribution in [-0.4, -0.2) is 4.87 Å². The topological polar surface area (TPSA) is 0 Å². The summed E-state index contributed by atoms with van der Waals surface area (Å²) in [6.45, 7) is 4.60. The van der Waals surface area contributed by atoms with E-state index in [0.717, 1.165) is 41.4 Å². The molecule has 0 amide bonds. The Morgan fingerprint density at radius 2 is 1.42 bits per heavy atom. The molecule has 4 saturated carbocycles. The molecule has 0 heterocycles. The fraction of sp³-hybridized carbons (Fsp3) is 1.00. The third-order valence-electron chi connectivity index (χ3n) is 8.83. The molecule has 0 aliphatic heterocycles. The second-order valence-electron chi connectivity index (χ2n) is 10.4. The standard InChI is InChI=1S/C23H39Cl/c1-23(2,24)22-15-18-8-4-6-10-20(18)21(22)14-13-17-12-11-16-7-3-5-9-19(16)17/h16-22H,3-15H2,1-2H3. The Balaban J connectivity index is 1.41. The largest absolute Gasteiger partial charge is 0.120 e. The maximum Gasteiger partial charge on any atom is 0.0421 e. The van der Waals surface area contributed by atoms with Crippen LogP contribution in [-0.2, 0) is 0 Å². The van der Waals surface area contributed by atoms with Crippen molar-refractivity contribution in [2.24, 2.45) is 41.4 Å². The summed E-state index contributed by atoms with van der Waals surface area (Å²) >= 11 is 6.91. The monoisotopic (exact) mass is 350 g/mol. The van der Waals surface area contributed by atoms with Gasteiger partial charge in [-0.25, -0.2) is 0 Å². The van der Waals surface area contributed by atoms with Crippen molar-refractivity contribution >= 4 is 11.6 Å². The van der Waals surface area contributed by atoms with Gasteiger partial charge < -0.3 is 0 Å². The van der Waals surface area contributed by atoms with E-state index in [9.17, 15) is 0 Å². The van der Waals surface area contributed by atoms with Gasteiger partial charge in [-0.3, -0.25) is 0 Å². The number of alkyl halides is 1. The lowest BCUT2D eigenvalue weighted by atomic mass is 9.72. The van der Waals surface area contributed by atoms with E-state index in [1.165, 1.54) is 57.8 Å². The summed E-state index contributed by atoms with van der Waals surface area (Å²) in [6.07, 6.45) is 19.7. The normalized spacial score (nSPS) is 45.9. The van der Waals surface area contributed by atoms with Crippen LogP contribution in [0.2, 0.25) is 0 Å². The average Bonchev–Trinajstić information content (AvgIpc) is 3.14. The molecule has 0 aromatic carbocycles.